The van der Waals surface area contributed by atoms with Crippen LogP contribution in [0, 0.1) is 5.92 Å². The van der Waals surface area contributed by atoms with Gasteiger partial charge in [-0.2, -0.15) is 0 Å². The zero-order valence-electron chi connectivity index (χ0n) is 11.3. The van der Waals surface area contributed by atoms with E-state index in [1.165, 1.54) is 11.3 Å². The molecule has 1 heterocycles. The Labute approximate surface area is 117 Å². The molecule has 1 saturated carbocycles. The Hall–Kier alpha value is -1.27. The Morgan fingerprint density at radius 2 is 2.21 bits per heavy atom. The van der Waals surface area contributed by atoms with Crippen molar-refractivity contribution in [1.29, 1.82) is 0 Å². The number of Topliss-reactive ketones (excluding diaryl/α,β-unsaturated/α-hetero) is 1. The molecule has 0 aromatic carbocycles. The van der Waals surface area contributed by atoms with Crippen LogP contribution in [0.2, 0.25) is 0 Å². The van der Waals surface area contributed by atoms with E-state index >= 15 is 0 Å². The van der Waals surface area contributed by atoms with Crippen LogP contribution in [-0.4, -0.2) is 33.2 Å². The van der Waals surface area contributed by atoms with Crippen LogP contribution in [-0.2, 0) is 4.74 Å². The summed E-state index contributed by atoms with van der Waals surface area (Å²) in [6.45, 7) is 1.46. The van der Waals surface area contributed by atoms with E-state index in [0.29, 0.717) is 22.9 Å². The lowest BCUT2D eigenvalue weighted by molar-refractivity contribution is 0.0972. The van der Waals surface area contributed by atoms with Gasteiger partial charge in [0.05, 0.1) is 17.7 Å². The Morgan fingerprint density at radius 1 is 1.47 bits per heavy atom. The van der Waals surface area contributed by atoms with Crippen molar-refractivity contribution >= 4 is 27.8 Å². The van der Waals surface area contributed by atoms with Crippen LogP contribution in [0.1, 0.15) is 28.9 Å². The van der Waals surface area contributed by atoms with Crippen molar-refractivity contribution in [2.75, 3.05) is 38.4 Å². The number of nitrogen functional groups attached to an aromatic ring is 1. The highest BCUT2D eigenvalue weighted by molar-refractivity contribution is 7.19. The van der Waals surface area contributed by atoms with E-state index in [4.69, 9.17) is 15.2 Å². The highest BCUT2D eigenvalue weighted by atomic mass is 32.1. The molecule has 3 N–H and O–H groups in total. The van der Waals surface area contributed by atoms with Gasteiger partial charge < -0.3 is 20.5 Å². The molecule has 0 spiro atoms. The number of carbonyl (C=O) groups excluding carboxylic acids is 1. The standard InChI is InChI=1S/C13H20N2O3S/c1-17-7-3-6-15-13-11(18-2)9(14)12(19-13)10(16)8-4-5-8/h8,15H,3-7,14H2,1-2H3. The fraction of sp³-hybridized carbons (Fsp3) is 0.615. The van der Waals surface area contributed by atoms with Gasteiger partial charge in [0.2, 0.25) is 0 Å². The summed E-state index contributed by atoms with van der Waals surface area (Å²) in [6.07, 6.45) is 2.85. The van der Waals surface area contributed by atoms with Gasteiger partial charge in [0.15, 0.2) is 11.5 Å². The van der Waals surface area contributed by atoms with Gasteiger partial charge in [0.1, 0.15) is 5.00 Å². The first-order chi connectivity index (χ1) is 9.19. The number of ketones is 1. The van der Waals surface area contributed by atoms with Gasteiger partial charge in [-0.25, -0.2) is 0 Å². The van der Waals surface area contributed by atoms with E-state index in [1.54, 1.807) is 14.2 Å². The topological polar surface area (TPSA) is 73.6 Å². The zero-order chi connectivity index (χ0) is 13.8. The lowest BCUT2D eigenvalue weighted by atomic mass is 10.2. The summed E-state index contributed by atoms with van der Waals surface area (Å²) >= 11 is 1.39. The third-order valence-corrected chi connectivity index (χ3v) is 4.25. The zero-order valence-corrected chi connectivity index (χ0v) is 12.1. The smallest absolute Gasteiger partial charge is 0.178 e. The summed E-state index contributed by atoms with van der Waals surface area (Å²) < 4.78 is 10.3. The van der Waals surface area contributed by atoms with Gasteiger partial charge >= 0.3 is 0 Å². The SMILES string of the molecule is COCCCNc1sc(C(=O)C2CC2)c(N)c1OC. The summed E-state index contributed by atoms with van der Waals surface area (Å²) in [5.41, 5.74) is 6.48. The second-order valence-corrected chi connectivity index (χ2v) is 5.64. The van der Waals surface area contributed by atoms with Crippen LogP contribution >= 0.6 is 11.3 Å². The monoisotopic (exact) mass is 284 g/mol. The maximum atomic E-state index is 12.1. The molecule has 106 valence electrons. The fourth-order valence-electron chi connectivity index (χ4n) is 1.88. The van der Waals surface area contributed by atoms with Gasteiger partial charge in [0.25, 0.3) is 0 Å². The molecule has 0 saturated heterocycles. The van der Waals surface area contributed by atoms with E-state index in [-0.39, 0.29) is 11.7 Å². The molecule has 1 fully saturated rings. The van der Waals surface area contributed by atoms with Crippen LogP contribution in [0.3, 0.4) is 0 Å². The Bertz CT molecular complexity index is 455. The number of rotatable bonds is 8. The number of methoxy groups -OCH3 is 2. The van der Waals surface area contributed by atoms with Crippen molar-refractivity contribution in [3.05, 3.63) is 4.88 Å². The normalized spacial score (nSPS) is 14.4. The minimum Gasteiger partial charge on any atom is -0.492 e. The molecular formula is C13H20N2O3S. The number of ether oxygens (including phenoxy) is 2. The Morgan fingerprint density at radius 3 is 2.79 bits per heavy atom. The second-order valence-electron chi connectivity index (χ2n) is 4.62. The van der Waals surface area contributed by atoms with Gasteiger partial charge in [-0.15, -0.1) is 11.3 Å². The average molecular weight is 284 g/mol. The molecule has 0 aliphatic heterocycles. The largest absolute Gasteiger partial charge is 0.492 e. The molecule has 0 unspecified atom stereocenters. The summed E-state index contributed by atoms with van der Waals surface area (Å²) in [7, 11) is 3.25. The second kappa shape index (κ2) is 6.25. The summed E-state index contributed by atoms with van der Waals surface area (Å²) in [5, 5.41) is 4.09. The number of carbonyl (C=O) groups is 1. The summed E-state index contributed by atoms with van der Waals surface area (Å²) in [6, 6.07) is 0. The van der Waals surface area contributed by atoms with E-state index in [1.807, 2.05) is 0 Å². The van der Waals surface area contributed by atoms with Crippen LogP contribution in [0.15, 0.2) is 0 Å². The molecular weight excluding hydrogens is 264 g/mol. The van der Waals surface area contributed by atoms with Gasteiger partial charge in [-0.05, 0) is 19.3 Å². The fourth-order valence-corrected chi connectivity index (χ4v) is 3.01. The van der Waals surface area contributed by atoms with Crippen LogP contribution in [0.4, 0.5) is 10.7 Å². The van der Waals surface area contributed by atoms with Crippen LogP contribution < -0.4 is 15.8 Å². The highest BCUT2D eigenvalue weighted by Crippen LogP contribution is 2.45. The molecule has 1 aliphatic carbocycles. The molecule has 0 bridgehead atoms. The molecule has 19 heavy (non-hydrogen) atoms. The van der Waals surface area contributed by atoms with E-state index < -0.39 is 0 Å². The van der Waals surface area contributed by atoms with Crippen LogP contribution in [0.25, 0.3) is 0 Å². The lowest BCUT2D eigenvalue weighted by Gasteiger charge is -2.06. The minimum absolute atomic E-state index is 0.158. The minimum atomic E-state index is 0.158. The molecule has 0 radical (unpaired) electrons. The number of nitrogens with one attached hydrogen (secondary N) is 1. The van der Waals surface area contributed by atoms with Crippen molar-refractivity contribution in [2.24, 2.45) is 5.92 Å². The average Bonchev–Trinajstić information content (AvgIpc) is 3.19. The molecule has 0 amide bonds. The van der Waals surface area contributed by atoms with Gasteiger partial charge in [0, 0.05) is 26.2 Å². The van der Waals surface area contributed by atoms with Crippen molar-refractivity contribution in [1.82, 2.24) is 0 Å². The number of anilines is 2. The number of nitrogens with two attached hydrogens (primary N) is 1. The molecule has 1 aliphatic rings. The highest BCUT2D eigenvalue weighted by Gasteiger charge is 2.34. The molecule has 2 rings (SSSR count). The van der Waals surface area contributed by atoms with Gasteiger partial charge in [-0.3, -0.25) is 4.79 Å². The first-order valence-corrected chi connectivity index (χ1v) is 7.24. The molecule has 1 aromatic rings. The van der Waals surface area contributed by atoms with Crippen molar-refractivity contribution in [3.63, 3.8) is 0 Å². The Kier molecular flexibility index (Phi) is 4.66. The third-order valence-electron chi connectivity index (χ3n) is 3.09. The molecule has 0 atom stereocenters. The maximum absolute atomic E-state index is 12.1. The van der Waals surface area contributed by atoms with E-state index in [9.17, 15) is 4.79 Å². The molecule has 1 aromatic heterocycles. The van der Waals surface area contributed by atoms with Gasteiger partial charge in [-0.1, -0.05) is 0 Å². The van der Waals surface area contributed by atoms with E-state index in [0.717, 1.165) is 30.8 Å². The van der Waals surface area contributed by atoms with Crippen molar-refractivity contribution < 1.29 is 14.3 Å². The first-order valence-electron chi connectivity index (χ1n) is 6.42. The number of hydrogen-bond donors (Lipinski definition) is 2. The lowest BCUT2D eigenvalue weighted by Crippen LogP contribution is -2.04. The van der Waals surface area contributed by atoms with Crippen LogP contribution in [0.5, 0.6) is 5.75 Å². The quantitative estimate of drug-likeness (QED) is 0.566. The molecule has 6 heteroatoms. The van der Waals surface area contributed by atoms with E-state index in [2.05, 4.69) is 5.32 Å². The third kappa shape index (κ3) is 3.19. The predicted molar refractivity (Wildman–Crippen MR) is 77.3 cm³/mol. The Balaban J connectivity index is 2.08. The van der Waals surface area contributed by atoms with Crippen molar-refractivity contribution in [2.45, 2.75) is 19.3 Å². The predicted octanol–water partition coefficient (Wildman–Crippen LogP) is 2.38. The number of thiophene rings is 1. The first kappa shape index (κ1) is 14.1. The number of hydrogen-bond acceptors (Lipinski definition) is 6. The molecule has 5 nitrogen and oxygen atoms in total. The van der Waals surface area contributed by atoms with Crippen molar-refractivity contribution in [3.8, 4) is 5.75 Å². The summed E-state index contributed by atoms with van der Waals surface area (Å²) in [5.74, 6) is 0.921. The maximum Gasteiger partial charge on any atom is 0.178 e. The summed E-state index contributed by atoms with van der Waals surface area (Å²) in [4.78, 5) is 12.7.